The van der Waals surface area contributed by atoms with E-state index in [-0.39, 0.29) is 17.3 Å². The number of ether oxygens (including phenoxy) is 1. The molecule has 0 radical (unpaired) electrons. The Kier molecular flexibility index (Phi) is 5.01. The van der Waals surface area contributed by atoms with Crippen molar-refractivity contribution in [3.05, 3.63) is 84.6 Å². The molecule has 152 valence electrons. The molecule has 4 rings (SSSR count). The van der Waals surface area contributed by atoms with Crippen molar-refractivity contribution < 1.29 is 17.9 Å². The molecule has 30 heavy (non-hydrogen) atoms. The third-order valence-corrected chi connectivity index (χ3v) is 6.55. The van der Waals surface area contributed by atoms with E-state index >= 15 is 0 Å². The van der Waals surface area contributed by atoms with E-state index in [4.69, 9.17) is 4.74 Å². The second kappa shape index (κ2) is 7.64. The molecule has 2 amide bonds. The molecule has 2 heterocycles. The molecule has 0 N–H and O–H groups in total. The minimum atomic E-state index is -4.06. The summed E-state index contributed by atoms with van der Waals surface area (Å²) in [7, 11) is -2.52. The highest BCUT2D eigenvalue weighted by Gasteiger charge is 2.43. The minimum Gasteiger partial charge on any atom is -0.497 e. The lowest BCUT2D eigenvalue weighted by Gasteiger charge is -2.35. The van der Waals surface area contributed by atoms with Crippen LogP contribution < -0.4 is 9.64 Å². The minimum absolute atomic E-state index is 0.0249. The monoisotopic (exact) mass is 421 g/mol. The van der Waals surface area contributed by atoms with Crippen LogP contribution in [0.2, 0.25) is 0 Å². The molecule has 0 saturated carbocycles. The van der Waals surface area contributed by atoms with Gasteiger partial charge in [-0.05, 0) is 47.5 Å². The summed E-state index contributed by atoms with van der Waals surface area (Å²) in [6, 6.07) is 16.3. The Hall–Kier alpha value is -3.65. The number of fused-ring (bicyclic) bond motifs is 1. The smallest absolute Gasteiger partial charge is 0.344 e. The fourth-order valence-corrected chi connectivity index (χ4v) is 4.69. The lowest BCUT2D eigenvalue weighted by atomic mass is 10.1. The maximum absolute atomic E-state index is 13.4. The van der Waals surface area contributed by atoms with Crippen molar-refractivity contribution in [2.45, 2.75) is 11.4 Å². The summed E-state index contributed by atoms with van der Waals surface area (Å²) in [5.41, 5.74) is 2.07. The molecule has 0 atom stereocenters. The number of pyridine rings is 1. The van der Waals surface area contributed by atoms with Crippen molar-refractivity contribution in [2.24, 2.45) is 0 Å². The van der Waals surface area contributed by atoms with Crippen LogP contribution in [-0.4, -0.2) is 30.8 Å². The lowest BCUT2D eigenvalue weighted by Crippen LogP contribution is -2.48. The van der Waals surface area contributed by atoms with Crippen molar-refractivity contribution >= 4 is 33.6 Å². The number of sulfonamides is 1. The van der Waals surface area contributed by atoms with E-state index in [2.05, 4.69) is 11.6 Å². The van der Waals surface area contributed by atoms with Gasteiger partial charge in [0.1, 0.15) is 10.6 Å². The summed E-state index contributed by atoms with van der Waals surface area (Å²) in [5.74, 6) is 0.696. The molecule has 0 bridgehead atoms. The molecule has 1 aromatic heterocycles. The maximum atomic E-state index is 13.4. The van der Waals surface area contributed by atoms with Gasteiger partial charge in [-0.3, -0.25) is 0 Å². The van der Waals surface area contributed by atoms with Gasteiger partial charge in [0.2, 0.25) is 0 Å². The number of nitrogens with zero attached hydrogens (tertiary/aromatic N) is 3. The molecule has 0 fully saturated rings. The molecule has 3 aromatic rings. The first-order valence-corrected chi connectivity index (χ1v) is 10.6. The number of urea groups is 1. The first-order chi connectivity index (χ1) is 14.5. The molecule has 0 saturated heterocycles. The average Bonchev–Trinajstić information content (AvgIpc) is 2.78. The number of hydrogen-bond acceptors (Lipinski definition) is 5. The Labute approximate surface area is 174 Å². The highest BCUT2D eigenvalue weighted by molar-refractivity contribution is 7.90. The predicted octanol–water partition coefficient (Wildman–Crippen LogP) is 4.20. The van der Waals surface area contributed by atoms with Gasteiger partial charge in [0.05, 0.1) is 19.3 Å². The quantitative estimate of drug-likeness (QED) is 0.617. The zero-order chi connectivity index (χ0) is 21.3. The molecule has 1 aliphatic rings. The van der Waals surface area contributed by atoms with E-state index in [0.717, 1.165) is 9.87 Å². The summed E-state index contributed by atoms with van der Waals surface area (Å²) >= 11 is 0. The number of amides is 2. The largest absolute Gasteiger partial charge is 0.497 e. The van der Waals surface area contributed by atoms with Crippen LogP contribution in [-0.2, 0) is 16.6 Å². The Morgan fingerprint density at radius 2 is 1.77 bits per heavy atom. The van der Waals surface area contributed by atoms with Gasteiger partial charge in [-0.25, -0.2) is 27.4 Å². The van der Waals surface area contributed by atoms with E-state index in [9.17, 15) is 13.2 Å². The van der Waals surface area contributed by atoms with E-state index in [1.165, 1.54) is 23.2 Å². The molecule has 1 aliphatic heterocycles. The Balaban J connectivity index is 1.81. The van der Waals surface area contributed by atoms with Crippen molar-refractivity contribution in [1.29, 1.82) is 0 Å². The first kappa shape index (κ1) is 19.7. The number of rotatable bonds is 5. The van der Waals surface area contributed by atoms with Crippen LogP contribution in [0.15, 0.2) is 78.3 Å². The number of aromatic nitrogens is 1. The Bertz CT molecular complexity index is 1210. The van der Waals surface area contributed by atoms with E-state index in [0.29, 0.717) is 17.0 Å². The Morgan fingerprint density at radius 3 is 2.40 bits per heavy atom. The maximum Gasteiger partial charge on any atom is 0.344 e. The van der Waals surface area contributed by atoms with Crippen molar-refractivity contribution in [3.63, 3.8) is 0 Å². The number of methoxy groups -OCH3 is 1. The van der Waals surface area contributed by atoms with E-state index in [1.54, 1.807) is 49.6 Å². The molecule has 0 spiro atoms. The summed E-state index contributed by atoms with van der Waals surface area (Å²) in [6.07, 6.45) is 3.15. The standard InChI is InChI=1S/C22H19N3O4S/c1-3-16-6-8-17(9-7-16)15-24-22(26)25(18-10-12-19(29-2)13-11-18)21-20(30(24,27)28)5-4-14-23-21/h3-14H,1,15H2,2H3. The van der Waals surface area contributed by atoms with Gasteiger partial charge in [-0.2, -0.15) is 0 Å². The number of carbonyl (C=O) groups excluding carboxylic acids is 1. The van der Waals surface area contributed by atoms with Gasteiger partial charge in [0.15, 0.2) is 5.82 Å². The van der Waals surface area contributed by atoms with Crippen LogP contribution >= 0.6 is 0 Å². The van der Waals surface area contributed by atoms with Crippen LogP contribution in [0.5, 0.6) is 5.75 Å². The molecular weight excluding hydrogens is 402 g/mol. The SMILES string of the molecule is C=Cc1ccc(CN2C(=O)N(c3ccc(OC)cc3)c3ncccc3S2(=O)=O)cc1. The normalized spacial score (nSPS) is 14.9. The van der Waals surface area contributed by atoms with Crippen molar-refractivity contribution in [2.75, 3.05) is 12.0 Å². The number of hydrogen-bond donors (Lipinski definition) is 0. The van der Waals surface area contributed by atoms with Gasteiger partial charge in [0.25, 0.3) is 10.0 Å². The van der Waals surface area contributed by atoms with Crippen molar-refractivity contribution in [1.82, 2.24) is 9.29 Å². The van der Waals surface area contributed by atoms with Crippen LogP contribution in [0, 0.1) is 0 Å². The number of carbonyl (C=O) groups is 1. The summed E-state index contributed by atoms with van der Waals surface area (Å²) in [6.45, 7) is 3.61. The zero-order valence-corrected chi connectivity index (χ0v) is 17.0. The number of anilines is 2. The topological polar surface area (TPSA) is 79.8 Å². The van der Waals surface area contributed by atoms with Crippen LogP contribution in [0.1, 0.15) is 11.1 Å². The van der Waals surface area contributed by atoms with Crippen LogP contribution in [0.4, 0.5) is 16.3 Å². The lowest BCUT2D eigenvalue weighted by molar-refractivity contribution is 0.229. The third-order valence-electron chi connectivity index (χ3n) is 4.81. The van der Waals surface area contributed by atoms with E-state index in [1.807, 2.05) is 12.1 Å². The predicted molar refractivity (Wildman–Crippen MR) is 114 cm³/mol. The van der Waals surface area contributed by atoms with Gasteiger partial charge >= 0.3 is 6.03 Å². The van der Waals surface area contributed by atoms with Crippen LogP contribution in [0.3, 0.4) is 0 Å². The zero-order valence-electron chi connectivity index (χ0n) is 16.2. The average molecular weight is 421 g/mol. The third kappa shape index (κ3) is 3.31. The molecule has 8 heteroatoms. The highest BCUT2D eigenvalue weighted by Crippen LogP contribution is 2.38. The van der Waals surface area contributed by atoms with Gasteiger partial charge < -0.3 is 4.74 Å². The first-order valence-electron chi connectivity index (χ1n) is 9.13. The second-order valence-corrected chi connectivity index (χ2v) is 8.43. The van der Waals surface area contributed by atoms with Gasteiger partial charge in [-0.1, -0.05) is 36.9 Å². The fraction of sp³-hybridized carbons (Fsp3) is 0.0909. The second-order valence-electron chi connectivity index (χ2n) is 6.60. The molecular formula is C22H19N3O4S. The summed E-state index contributed by atoms with van der Waals surface area (Å²) < 4.78 is 32.5. The van der Waals surface area contributed by atoms with Gasteiger partial charge in [-0.15, -0.1) is 0 Å². The Morgan fingerprint density at radius 1 is 1.07 bits per heavy atom. The summed E-state index contributed by atoms with van der Waals surface area (Å²) in [5, 5.41) is 0. The van der Waals surface area contributed by atoms with E-state index < -0.39 is 16.1 Å². The molecule has 0 aliphatic carbocycles. The number of benzene rings is 2. The van der Waals surface area contributed by atoms with Gasteiger partial charge in [0, 0.05) is 6.20 Å². The fourth-order valence-electron chi connectivity index (χ4n) is 3.22. The molecule has 7 nitrogen and oxygen atoms in total. The van der Waals surface area contributed by atoms with Crippen LogP contribution in [0.25, 0.3) is 6.08 Å². The molecule has 0 unspecified atom stereocenters. The molecule has 2 aromatic carbocycles. The van der Waals surface area contributed by atoms with Crippen molar-refractivity contribution in [3.8, 4) is 5.75 Å². The summed E-state index contributed by atoms with van der Waals surface area (Å²) in [4.78, 5) is 18.8. The highest BCUT2D eigenvalue weighted by atomic mass is 32.2.